The second-order valence-electron chi connectivity index (χ2n) is 5.98. The molecule has 25 heavy (non-hydrogen) atoms. The van der Waals surface area contributed by atoms with Crippen molar-refractivity contribution in [2.75, 3.05) is 0 Å². The van der Waals surface area contributed by atoms with Crippen molar-refractivity contribution in [1.29, 1.82) is 0 Å². The number of furan rings is 1. The molecule has 128 valence electrons. The Morgan fingerprint density at radius 2 is 1.88 bits per heavy atom. The number of thiocarbonyl (C=S) groups is 1. The second kappa shape index (κ2) is 6.98. The summed E-state index contributed by atoms with van der Waals surface area (Å²) in [5.74, 6) is 1.21. The zero-order chi connectivity index (χ0) is 18.1. The lowest BCUT2D eigenvalue weighted by Crippen LogP contribution is -2.34. The van der Waals surface area contributed by atoms with E-state index in [9.17, 15) is 9.59 Å². The van der Waals surface area contributed by atoms with Gasteiger partial charge in [0, 0.05) is 23.2 Å². The zero-order valence-corrected chi connectivity index (χ0v) is 15.7. The average Bonchev–Trinajstić information content (AvgIpc) is 3.12. The SMILES string of the molecule is CC(=O)c1ccc(-c2ccc(C=C3SC(=S)N(C(C)C)C3=O)o2)cc1. The third-order valence-electron chi connectivity index (χ3n) is 3.82. The Hall–Kier alpha value is -2.18. The van der Waals surface area contributed by atoms with Crippen molar-refractivity contribution < 1.29 is 14.0 Å². The summed E-state index contributed by atoms with van der Waals surface area (Å²) in [4.78, 5) is 25.9. The van der Waals surface area contributed by atoms with Crippen LogP contribution in [0.2, 0.25) is 0 Å². The fraction of sp³-hybridized carbons (Fsp3) is 0.211. The molecule has 0 aliphatic carbocycles. The molecule has 1 aromatic carbocycles. The van der Waals surface area contributed by atoms with E-state index in [0.29, 0.717) is 26.3 Å². The smallest absolute Gasteiger partial charge is 0.266 e. The molecule has 0 saturated carbocycles. The van der Waals surface area contributed by atoms with Gasteiger partial charge in [-0.1, -0.05) is 48.2 Å². The van der Waals surface area contributed by atoms with Crippen LogP contribution in [0.5, 0.6) is 0 Å². The van der Waals surface area contributed by atoms with E-state index < -0.39 is 0 Å². The Labute approximate surface area is 155 Å². The first-order valence-electron chi connectivity index (χ1n) is 7.85. The molecule has 4 nitrogen and oxygen atoms in total. The number of hydrogen-bond acceptors (Lipinski definition) is 5. The van der Waals surface area contributed by atoms with Gasteiger partial charge in [0.1, 0.15) is 15.8 Å². The molecule has 1 aromatic heterocycles. The minimum Gasteiger partial charge on any atom is -0.457 e. The third-order valence-corrected chi connectivity index (χ3v) is 5.15. The standard InChI is InChI=1S/C19H17NO3S2/c1-11(2)20-18(22)17(25-19(20)24)10-15-8-9-16(23-15)14-6-4-13(5-7-14)12(3)21/h4-11H,1-3H3. The number of Topliss-reactive ketones (excluding diaryl/α,β-unsaturated/α-hetero) is 1. The quantitative estimate of drug-likeness (QED) is 0.441. The monoisotopic (exact) mass is 371 g/mol. The van der Waals surface area contributed by atoms with Crippen LogP contribution in [0, 0.1) is 0 Å². The number of carbonyl (C=O) groups excluding carboxylic acids is 2. The van der Waals surface area contributed by atoms with Crippen molar-refractivity contribution in [3.8, 4) is 11.3 Å². The Morgan fingerprint density at radius 3 is 2.44 bits per heavy atom. The van der Waals surface area contributed by atoms with Crippen LogP contribution in [0.1, 0.15) is 36.9 Å². The maximum absolute atomic E-state index is 12.4. The summed E-state index contributed by atoms with van der Waals surface area (Å²) in [6, 6.07) is 10.9. The summed E-state index contributed by atoms with van der Waals surface area (Å²) in [5.41, 5.74) is 1.53. The first-order valence-corrected chi connectivity index (χ1v) is 9.07. The fourth-order valence-electron chi connectivity index (χ4n) is 2.51. The molecule has 1 amide bonds. The Kier molecular flexibility index (Phi) is 4.92. The van der Waals surface area contributed by atoms with Gasteiger partial charge < -0.3 is 4.42 Å². The van der Waals surface area contributed by atoms with Crippen LogP contribution in [-0.2, 0) is 4.79 Å². The molecular formula is C19H17NO3S2. The van der Waals surface area contributed by atoms with Crippen LogP contribution in [0.25, 0.3) is 17.4 Å². The molecule has 3 rings (SSSR count). The van der Waals surface area contributed by atoms with E-state index >= 15 is 0 Å². The summed E-state index contributed by atoms with van der Waals surface area (Å²) in [6.45, 7) is 5.40. The van der Waals surface area contributed by atoms with Gasteiger partial charge >= 0.3 is 0 Å². The highest BCUT2D eigenvalue weighted by molar-refractivity contribution is 8.26. The molecule has 0 spiro atoms. The van der Waals surface area contributed by atoms with Gasteiger partial charge in [0.2, 0.25) is 0 Å². The Balaban J connectivity index is 1.83. The highest BCUT2D eigenvalue weighted by Crippen LogP contribution is 2.34. The number of ketones is 1. The number of carbonyl (C=O) groups is 2. The summed E-state index contributed by atoms with van der Waals surface area (Å²) in [7, 11) is 0. The zero-order valence-electron chi connectivity index (χ0n) is 14.1. The van der Waals surface area contributed by atoms with Crippen LogP contribution >= 0.6 is 24.0 Å². The summed E-state index contributed by atoms with van der Waals surface area (Å²) < 4.78 is 6.39. The predicted octanol–water partition coefficient (Wildman–Crippen LogP) is 4.76. The number of rotatable bonds is 4. The van der Waals surface area contributed by atoms with Crippen molar-refractivity contribution in [3.63, 3.8) is 0 Å². The molecule has 0 atom stereocenters. The van der Waals surface area contributed by atoms with E-state index in [-0.39, 0.29) is 17.7 Å². The van der Waals surface area contributed by atoms with Crippen LogP contribution in [0.4, 0.5) is 0 Å². The van der Waals surface area contributed by atoms with E-state index in [0.717, 1.165) is 5.56 Å². The largest absolute Gasteiger partial charge is 0.457 e. The number of amides is 1. The summed E-state index contributed by atoms with van der Waals surface area (Å²) in [5, 5.41) is 0. The lowest BCUT2D eigenvalue weighted by molar-refractivity contribution is -0.123. The predicted molar refractivity (Wildman–Crippen MR) is 104 cm³/mol. The number of nitrogens with zero attached hydrogens (tertiary/aromatic N) is 1. The number of benzene rings is 1. The molecule has 2 aromatic rings. The number of thioether (sulfide) groups is 1. The van der Waals surface area contributed by atoms with Gasteiger partial charge in [0.15, 0.2) is 5.78 Å². The van der Waals surface area contributed by atoms with Crippen LogP contribution in [0.3, 0.4) is 0 Å². The number of hydrogen-bond donors (Lipinski definition) is 0. The minimum atomic E-state index is -0.0891. The van der Waals surface area contributed by atoms with E-state index in [2.05, 4.69) is 0 Å². The van der Waals surface area contributed by atoms with E-state index in [1.54, 1.807) is 23.1 Å². The molecule has 0 radical (unpaired) electrons. The van der Waals surface area contributed by atoms with Gasteiger partial charge in [-0.3, -0.25) is 14.5 Å². The van der Waals surface area contributed by atoms with Gasteiger partial charge in [0.25, 0.3) is 5.91 Å². The first-order chi connectivity index (χ1) is 11.9. The van der Waals surface area contributed by atoms with Gasteiger partial charge in [-0.2, -0.15) is 0 Å². The Bertz CT molecular complexity index is 878. The maximum atomic E-state index is 12.4. The molecule has 1 aliphatic heterocycles. The van der Waals surface area contributed by atoms with Gasteiger partial charge in [0.05, 0.1) is 4.91 Å². The average molecular weight is 371 g/mol. The van der Waals surface area contributed by atoms with Crippen molar-refractivity contribution in [3.05, 3.63) is 52.6 Å². The lowest BCUT2D eigenvalue weighted by Gasteiger charge is -2.18. The first kappa shape index (κ1) is 17.6. The molecular weight excluding hydrogens is 354 g/mol. The molecule has 6 heteroatoms. The van der Waals surface area contributed by atoms with E-state index in [1.165, 1.54) is 18.7 Å². The fourth-order valence-corrected chi connectivity index (χ4v) is 4.01. The van der Waals surface area contributed by atoms with Gasteiger partial charge in [-0.15, -0.1) is 0 Å². The molecule has 2 heterocycles. The second-order valence-corrected chi connectivity index (χ2v) is 7.66. The highest BCUT2D eigenvalue weighted by atomic mass is 32.2. The van der Waals surface area contributed by atoms with Crippen LogP contribution in [0.15, 0.2) is 45.7 Å². The summed E-state index contributed by atoms with van der Waals surface area (Å²) >= 11 is 6.56. The third kappa shape index (κ3) is 3.60. The normalized spacial score (nSPS) is 16.3. The Morgan fingerprint density at radius 1 is 1.20 bits per heavy atom. The maximum Gasteiger partial charge on any atom is 0.266 e. The lowest BCUT2D eigenvalue weighted by atomic mass is 10.1. The molecule has 0 bridgehead atoms. The minimum absolute atomic E-state index is 0.0267. The molecule has 1 saturated heterocycles. The van der Waals surface area contributed by atoms with E-state index in [4.69, 9.17) is 16.6 Å². The van der Waals surface area contributed by atoms with Gasteiger partial charge in [-0.05, 0) is 32.9 Å². The van der Waals surface area contributed by atoms with Gasteiger partial charge in [-0.25, -0.2) is 0 Å². The van der Waals surface area contributed by atoms with Crippen LogP contribution in [-0.4, -0.2) is 27.0 Å². The van der Waals surface area contributed by atoms with Crippen molar-refractivity contribution in [2.24, 2.45) is 0 Å². The molecule has 1 fully saturated rings. The van der Waals surface area contributed by atoms with Crippen LogP contribution < -0.4 is 0 Å². The molecule has 1 aliphatic rings. The molecule has 0 unspecified atom stereocenters. The highest BCUT2D eigenvalue weighted by Gasteiger charge is 2.33. The molecule has 0 N–H and O–H groups in total. The van der Waals surface area contributed by atoms with Crippen molar-refractivity contribution >= 4 is 46.1 Å². The van der Waals surface area contributed by atoms with Crippen molar-refractivity contribution in [1.82, 2.24) is 4.90 Å². The topological polar surface area (TPSA) is 50.5 Å². The summed E-state index contributed by atoms with van der Waals surface area (Å²) in [6.07, 6.45) is 1.72. The van der Waals surface area contributed by atoms with E-state index in [1.807, 2.05) is 38.1 Å². The van der Waals surface area contributed by atoms with Crippen molar-refractivity contribution in [2.45, 2.75) is 26.8 Å².